The SMILES string of the molecule is COCCOC(=O)c1sc2ncnc(Nc3ccc(OCc4ccccc4)cc3)c2c1C. The molecule has 0 saturated heterocycles. The van der Waals surface area contributed by atoms with Crippen LogP contribution in [0, 0.1) is 6.92 Å². The number of carbonyl (C=O) groups excluding carboxylic acids is 1. The molecule has 0 unspecified atom stereocenters. The third kappa shape index (κ3) is 5.04. The fraction of sp³-hybridized carbons (Fsp3) is 0.208. The van der Waals surface area contributed by atoms with Crippen LogP contribution in [0.1, 0.15) is 20.8 Å². The van der Waals surface area contributed by atoms with E-state index in [1.165, 1.54) is 17.7 Å². The number of aromatic nitrogens is 2. The fourth-order valence-electron chi connectivity index (χ4n) is 3.16. The summed E-state index contributed by atoms with van der Waals surface area (Å²) in [5, 5.41) is 4.13. The van der Waals surface area contributed by atoms with Crippen LogP contribution in [0.2, 0.25) is 0 Å². The first kappa shape index (κ1) is 21.7. The van der Waals surface area contributed by atoms with Crippen molar-refractivity contribution in [2.45, 2.75) is 13.5 Å². The monoisotopic (exact) mass is 449 g/mol. The number of nitrogens with zero attached hydrogens (tertiary/aromatic N) is 2. The zero-order valence-electron chi connectivity index (χ0n) is 17.8. The second-order valence-corrected chi connectivity index (χ2v) is 8.01. The second kappa shape index (κ2) is 10.2. The summed E-state index contributed by atoms with van der Waals surface area (Å²) < 4.78 is 16.0. The molecule has 4 aromatic rings. The lowest BCUT2D eigenvalue weighted by Gasteiger charge is -2.10. The number of methoxy groups -OCH3 is 1. The molecule has 2 heterocycles. The van der Waals surface area contributed by atoms with Crippen LogP contribution in [-0.4, -0.2) is 36.3 Å². The third-order valence-electron chi connectivity index (χ3n) is 4.80. The fourth-order valence-corrected chi connectivity index (χ4v) is 4.20. The lowest BCUT2D eigenvalue weighted by Crippen LogP contribution is -2.09. The van der Waals surface area contributed by atoms with Gasteiger partial charge in [0.1, 0.15) is 40.8 Å². The minimum absolute atomic E-state index is 0.207. The molecule has 0 amide bonds. The molecule has 7 nitrogen and oxygen atoms in total. The number of esters is 1. The minimum Gasteiger partial charge on any atom is -0.489 e. The first-order valence-corrected chi connectivity index (χ1v) is 10.9. The molecule has 2 aromatic heterocycles. The summed E-state index contributed by atoms with van der Waals surface area (Å²) in [6.45, 7) is 2.95. The molecule has 1 N–H and O–H groups in total. The number of benzene rings is 2. The molecule has 0 saturated carbocycles. The number of aryl methyl sites for hydroxylation is 1. The predicted molar refractivity (Wildman–Crippen MR) is 125 cm³/mol. The summed E-state index contributed by atoms with van der Waals surface area (Å²) in [6, 6.07) is 17.7. The smallest absolute Gasteiger partial charge is 0.348 e. The van der Waals surface area contributed by atoms with Gasteiger partial charge in [-0.15, -0.1) is 11.3 Å². The average Bonchev–Trinajstić information content (AvgIpc) is 3.17. The Bertz CT molecular complexity index is 1190. The van der Waals surface area contributed by atoms with Crippen LogP contribution in [0.4, 0.5) is 11.5 Å². The molecule has 0 spiro atoms. The summed E-state index contributed by atoms with van der Waals surface area (Å²) in [5.41, 5.74) is 2.76. The number of fused-ring (bicyclic) bond motifs is 1. The molecule has 2 aromatic carbocycles. The van der Waals surface area contributed by atoms with Crippen LogP contribution in [0.5, 0.6) is 5.75 Å². The Kier molecular flexibility index (Phi) is 6.94. The number of anilines is 2. The first-order chi connectivity index (χ1) is 15.7. The highest BCUT2D eigenvalue weighted by Crippen LogP contribution is 2.35. The van der Waals surface area contributed by atoms with Crippen molar-refractivity contribution in [3.05, 3.63) is 76.9 Å². The molecule has 0 aliphatic heterocycles. The van der Waals surface area contributed by atoms with Crippen molar-refractivity contribution in [2.24, 2.45) is 0 Å². The molecule has 0 fully saturated rings. The number of hydrogen-bond acceptors (Lipinski definition) is 8. The molecule has 0 bridgehead atoms. The Hall–Kier alpha value is -3.49. The van der Waals surface area contributed by atoms with Crippen molar-refractivity contribution in [2.75, 3.05) is 25.6 Å². The Balaban J connectivity index is 1.48. The van der Waals surface area contributed by atoms with E-state index >= 15 is 0 Å². The number of thiophene rings is 1. The van der Waals surface area contributed by atoms with E-state index in [0.29, 0.717) is 23.9 Å². The lowest BCUT2D eigenvalue weighted by molar-refractivity contribution is 0.0393. The van der Waals surface area contributed by atoms with Gasteiger partial charge in [-0.05, 0) is 42.3 Å². The van der Waals surface area contributed by atoms with Crippen LogP contribution in [-0.2, 0) is 16.1 Å². The molecule has 8 heteroatoms. The van der Waals surface area contributed by atoms with E-state index in [2.05, 4.69) is 15.3 Å². The largest absolute Gasteiger partial charge is 0.489 e. The molecule has 4 rings (SSSR count). The standard InChI is InChI=1S/C24H23N3O4S/c1-16-20-22(25-15-26-23(20)32-21(16)24(28)30-13-12-29-2)27-18-8-10-19(11-9-18)31-14-17-6-4-3-5-7-17/h3-11,15H,12-14H2,1-2H3,(H,25,26,27). The minimum atomic E-state index is -0.381. The second-order valence-electron chi connectivity index (χ2n) is 7.01. The van der Waals surface area contributed by atoms with Crippen LogP contribution in [0.25, 0.3) is 10.2 Å². The number of ether oxygens (including phenoxy) is 3. The van der Waals surface area contributed by atoms with Crippen LogP contribution >= 0.6 is 11.3 Å². The molecule has 164 valence electrons. The maximum Gasteiger partial charge on any atom is 0.348 e. The van der Waals surface area contributed by atoms with Crippen molar-refractivity contribution < 1.29 is 19.0 Å². The molecule has 0 aliphatic carbocycles. The quantitative estimate of drug-likeness (QED) is 0.280. The normalized spacial score (nSPS) is 10.8. The summed E-state index contributed by atoms with van der Waals surface area (Å²) in [5.74, 6) is 1.03. The van der Waals surface area contributed by atoms with E-state index in [9.17, 15) is 4.79 Å². The van der Waals surface area contributed by atoms with Gasteiger partial charge in [0.25, 0.3) is 0 Å². The first-order valence-electron chi connectivity index (χ1n) is 10.1. The van der Waals surface area contributed by atoms with Gasteiger partial charge in [-0.2, -0.15) is 0 Å². The van der Waals surface area contributed by atoms with E-state index in [1.54, 1.807) is 7.11 Å². The number of carbonyl (C=O) groups is 1. The van der Waals surface area contributed by atoms with E-state index in [1.807, 2.05) is 61.5 Å². The van der Waals surface area contributed by atoms with Crippen LogP contribution in [0.3, 0.4) is 0 Å². The summed E-state index contributed by atoms with van der Waals surface area (Å²) in [7, 11) is 1.56. The highest BCUT2D eigenvalue weighted by atomic mass is 32.1. The van der Waals surface area contributed by atoms with Crippen LogP contribution < -0.4 is 10.1 Å². The molecule has 32 heavy (non-hydrogen) atoms. The zero-order chi connectivity index (χ0) is 22.3. The van der Waals surface area contributed by atoms with E-state index in [-0.39, 0.29) is 12.6 Å². The summed E-state index contributed by atoms with van der Waals surface area (Å²) in [6.07, 6.45) is 1.48. The average molecular weight is 450 g/mol. The maximum absolute atomic E-state index is 12.4. The van der Waals surface area contributed by atoms with Gasteiger partial charge in [-0.1, -0.05) is 30.3 Å². The van der Waals surface area contributed by atoms with Crippen molar-refractivity contribution in [1.29, 1.82) is 0 Å². The van der Waals surface area contributed by atoms with E-state index in [4.69, 9.17) is 14.2 Å². The van der Waals surface area contributed by atoms with Gasteiger partial charge >= 0.3 is 5.97 Å². The zero-order valence-corrected chi connectivity index (χ0v) is 18.6. The molecular formula is C24H23N3O4S. The van der Waals surface area contributed by atoms with E-state index in [0.717, 1.165) is 32.8 Å². The third-order valence-corrected chi connectivity index (χ3v) is 5.98. The lowest BCUT2D eigenvalue weighted by atomic mass is 10.2. The molecular weight excluding hydrogens is 426 g/mol. The number of hydrogen-bond donors (Lipinski definition) is 1. The van der Waals surface area contributed by atoms with Gasteiger partial charge in [-0.3, -0.25) is 0 Å². The summed E-state index contributed by atoms with van der Waals surface area (Å²) >= 11 is 1.30. The summed E-state index contributed by atoms with van der Waals surface area (Å²) in [4.78, 5) is 22.4. The predicted octanol–water partition coefficient (Wildman–Crippen LogP) is 5.13. The van der Waals surface area contributed by atoms with Gasteiger partial charge in [0.05, 0.1) is 12.0 Å². The highest BCUT2D eigenvalue weighted by molar-refractivity contribution is 7.20. The van der Waals surface area contributed by atoms with Gasteiger partial charge < -0.3 is 19.5 Å². The topological polar surface area (TPSA) is 82.6 Å². The highest BCUT2D eigenvalue weighted by Gasteiger charge is 2.20. The van der Waals surface area contributed by atoms with Gasteiger partial charge in [0.15, 0.2) is 0 Å². The van der Waals surface area contributed by atoms with Gasteiger partial charge in [-0.25, -0.2) is 14.8 Å². The maximum atomic E-state index is 12.4. The number of rotatable bonds is 9. The van der Waals surface area contributed by atoms with Gasteiger partial charge in [0, 0.05) is 12.8 Å². The molecule has 0 aliphatic rings. The Morgan fingerprint density at radius 1 is 1.03 bits per heavy atom. The van der Waals surface area contributed by atoms with Crippen molar-refractivity contribution >= 4 is 39.0 Å². The van der Waals surface area contributed by atoms with Crippen molar-refractivity contribution in [1.82, 2.24) is 9.97 Å². The Morgan fingerprint density at radius 3 is 2.56 bits per heavy atom. The van der Waals surface area contributed by atoms with Crippen molar-refractivity contribution in [3.63, 3.8) is 0 Å². The molecule has 0 radical (unpaired) electrons. The molecule has 0 atom stereocenters. The Morgan fingerprint density at radius 2 is 1.81 bits per heavy atom. The number of nitrogens with one attached hydrogen (secondary N) is 1. The Labute approximate surface area is 190 Å². The van der Waals surface area contributed by atoms with Gasteiger partial charge in [0.2, 0.25) is 0 Å². The van der Waals surface area contributed by atoms with Crippen LogP contribution in [0.15, 0.2) is 60.9 Å². The van der Waals surface area contributed by atoms with Crippen molar-refractivity contribution in [3.8, 4) is 5.75 Å². The van der Waals surface area contributed by atoms with E-state index < -0.39 is 0 Å².